The number of amidine groups is 1. The minimum absolute atomic E-state index is 0.0598. The summed E-state index contributed by atoms with van der Waals surface area (Å²) in [5.41, 5.74) is 2.57. The Morgan fingerprint density at radius 2 is 1.94 bits per heavy atom. The molecule has 0 spiro atoms. The lowest BCUT2D eigenvalue weighted by atomic mass is 10.0. The largest absolute Gasteiger partial charge is 0.459 e. The van der Waals surface area contributed by atoms with Crippen LogP contribution < -0.4 is 17.4 Å². The Morgan fingerprint density at radius 3 is 2.69 bits per heavy atom. The van der Waals surface area contributed by atoms with Crippen molar-refractivity contribution in [2.45, 2.75) is 44.7 Å². The Balaban J connectivity index is 1.44. The number of hydrazine groups is 1. The highest BCUT2D eigenvalue weighted by Gasteiger charge is 2.35. The third-order valence-electron chi connectivity index (χ3n) is 6.99. The van der Waals surface area contributed by atoms with Crippen molar-refractivity contribution in [3.05, 3.63) is 70.8 Å². The van der Waals surface area contributed by atoms with Gasteiger partial charge in [0.05, 0.1) is 11.0 Å². The summed E-state index contributed by atoms with van der Waals surface area (Å²) in [6.45, 7) is 4.28. The highest BCUT2D eigenvalue weighted by atomic mass is 16.3. The average Bonchev–Trinajstić information content (AvgIpc) is 3.46. The van der Waals surface area contributed by atoms with Crippen LogP contribution in [0.3, 0.4) is 0 Å². The molecule has 1 unspecified atom stereocenters. The summed E-state index contributed by atoms with van der Waals surface area (Å²) < 4.78 is 8.18. The highest BCUT2D eigenvalue weighted by molar-refractivity contribution is 5.89. The molecule has 1 aliphatic heterocycles. The number of nitrogens with one attached hydrogen (secondary N) is 1. The molecule has 1 atom stereocenters. The van der Waals surface area contributed by atoms with Crippen LogP contribution in [0.2, 0.25) is 0 Å². The van der Waals surface area contributed by atoms with Gasteiger partial charge in [-0.3, -0.25) is 14.5 Å². The van der Waals surface area contributed by atoms with E-state index < -0.39 is 0 Å². The minimum atomic E-state index is -0.310. The third-order valence-corrected chi connectivity index (χ3v) is 6.99. The van der Waals surface area contributed by atoms with E-state index >= 15 is 0 Å². The fraction of sp³-hybridized carbons (Fsp3) is 0.385. The van der Waals surface area contributed by atoms with E-state index in [0.29, 0.717) is 12.4 Å². The Kier molecular flexibility index (Phi) is 6.61. The Morgan fingerprint density at radius 1 is 1.20 bits per heavy atom. The molecule has 2 aromatic carbocycles. The molecule has 1 aliphatic rings. The van der Waals surface area contributed by atoms with Crippen LogP contribution in [0.4, 0.5) is 0 Å². The second-order valence-corrected chi connectivity index (χ2v) is 9.21. The molecule has 1 fully saturated rings. The van der Waals surface area contributed by atoms with Crippen molar-refractivity contribution in [3.63, 3.8) is 0 Å². The average molecular weight is 476 g/mol. The van der Waals surface area contributed by atoms with E-state index in [1.54, 1.807) is 5.01 Å². The van der Waals surface area contributed by atoms with Crippen LogP contribution in [0.15, 0.2) is 68.9 Å². The van der Waals surface area contributed by atoms with Crippen molar-refractivity contribution in [2.24, 2.45) is 16.8 Å². The number of unbranched alkanes of at least 4 members (excludes halogenated alkanes) is 1. The van der Waals surface area contributed by atoms with Gasteiger partial charge in [-0.05, 0) is 43.5 Å². The Labute approximate surface area is 203 Å². The summed E-state index contributed by atoms with van der Waals surface area (Å²) in [5, 5.41) is 6.82. The fourth-order valence-electron chi connectivity index (χ4n) is 5.19. The first-order valence-electron chi connectivity index (χ1n) is 12.3. The molecule has 184 valence electrons. The van der Waals surface area contributed by atoms with Crippen LogP contribution in [0.5, 0.6) is 0 Å². The summed E-state index contributed by atoms with van der Waals surface area (Å²) >= 11 is 0. The maximum atomic E-state index is 12.7. The number of aromatic nitrogens is 2. The van der Waals surface area contributed by atoms with E-state index in [0.717, 1.165) is 66.5 Å². The molecular formula is C26H33N7O2. The Bertz CT molecular complexity index is 1340. The van der Waals surface area contributed by atoms with E-state index in [1.807, 2.05) is 53.1 Å². The molecule has 0 aliphatic carbocycles. The number of para-hydroxylation sites is 3. The van der Waals surface area contributed by atoms with E-state index in [4.69, 9.17) is 16.1 Å². The first-order chi connectivity index (χ1) is 17.1. The minimum Gasteiger partial charge on any atom is -0.459 e. The number of hydrazone groups is 1. The molecule has 0 radical (unpaired) electrons. The van der Waals surface area contributed by atoms with Gasteiger partial charge >= 0.3 is 5.69 Å². The molecule has 0 saturated carbocycles. The first-order valence-corrected chi connectivity index (χ1v) is 12.3. The number of imidazole rings is 1. The molecule has 0 bridgehead atoms. The van der Waals surface area contributed by atoms with Gasteiger partial charge < -0.3 is 15.2 Å². The summed E-state index contributed by atoms with van der Waals surface area (Å²) in [6.07, 6.45) is 3.59. The van der Waals surface area contributed by atoms with Crippen molar-refractivity contribution in [3.8, 4) is 0 Å². The zero-order valence-electron chi connectivity index (χ0n) is 20.1. The molecule has 3 heterocycles. The van der Waals surface area contributed by atoms with Crippen LogP contribution in [0, 0.1) is 0 Å². The van der Waals surface area contributed by atoms with E-state index in [-0.39, 0.29) is 17.8 Å². The number of aromatic amines is 1. The number of H-pyrrole nitrogens is 1. The molecule has 35 heavy (non-hydrogen) atoms. The lowest BCUT2D eigenvalue weighted by molar-refractivity contribution is 0.146. The Hall–Kier alpha value is -3.56. The molecule has 0 amide bonds. The summed E-state index contributed by atoms with van der Waals surface area (Å²) in [5.74, 6) is 13.7. The van der Waals surface area contributed by atoms with Crippen molar-refractivity contribution in [2.75, 3.05) is 19.6 Å². The van der Waals surface area contributed by atoms with Gasteiger partial charge in [0.2, 0.25) is 0 Å². The zero-order chi connectivity index (χ0) is 24.4. The first kappa shape index (κ1) is 23.2. The molecule has 4 aromatic rings. The number of nitrogens with zero attached hydrogens (tertiary/aromatic N) is 4. The molecule has 2 aromatic heterocycles. The number of hydrogen-bond donors (Lipinski definition) is 3. The number of fused-ring (bicyclic) bond motifs is 2. The molecule has 1 saturated heterocycles. The number of likely N-dealkylation sites (tertiary alicyclic amines) is 1. The van der Waals surface area contributed by atoms with Crippen molar-refractivity contribution < 1.29 is 4.42 Å². The molecular weight excluding hydrogens is 442 g/mol. The topological polar surface area (TPSA) is 122 Å². The third kappa shape index (κ3) is 4.44. The van der Waals surface area contributed by atoms with Crippen molar-refractivity contribution in [1.29, 1.82) is 0 Å². The predicted molar refractivity (Wildman–Crippen MR) is 139 cm³/mol. The van der Waals surface area contributed by atoms with Crippen LogP contribution in [0.1, 0.15) is 50.5 Å². The predicted octanol–water partition coefficient (Wildman–Crippen LogP) is 3.70. The SMILES string of the molecule is CCCCN(N)/C(=N\N)C(c1cc2ccccc2o1)N1CCC(n2c(=O)[nH]c3ccccc32)CC1. The van der Waals surface area contributed by atoms with Gasteiger partial charge in [-0.2, -0.15) is 5.10 Å². The molecule has 9 heteroatoms. The lowest BCUT2D eigenvalue weighted by Crippen LogP contribution is -2.49. The molecule has 5 N–H and O–H groups in total. The van der Waals surface area contributed by atoms with Crippen LogP contribution in [-0.4, -0.2) is 44.9 Å². The van der Waals surface area contributed by atoms with Gasteiger partial charge in [0.15, 0.2) is 5.84 Å². The maximum absolute atomic E-state index is 12.7. The summed E-state index contributed by atoms with van der Waals surface area (Å²) in [7, 11) is 0. The number of piperidine rings is 1. The molecule has 5 rings (SSSR count). The number of nitrogens with two attached hydrogens (primary N) is 2. The normalized spacial score (nSPS) is 16.8. The number of rotatable bonds is 7. The van der Waals surface area contributed by atoms with E-state index in [1.165, 1.54) is 0 Å². The van der Waals surface area contributed by atoms with E-state index in [2.05, 4.69) is 28.0 Å². The molecule has 9 nitrogen and oxygen atoms in total. The van der Waals surface area contributed by atoms with Crippen LogP contribution in [-0.2, 0) is 0 Å². The van der Waals surface area contributed by atoms with Crippen molar-refractivity contribution >= 4 is 27.8 Å². The summed E-state index contributed by atoms with van der Waals surface area (Å²) in [6, 6.07) is 17.6. The van der Waals surface area contributed by atoms with Gasteiger partial charge in [-0.25, -0.2) is 10.6 Å². The smallest absolute Gasteiger partial charge is 0.326 e. The number of hydrogen-bond acceptors (Lipinski definition) is 6. The van der Waals surface area contributed by atoms with Gasteiger partial charge in [-0.1, -0.05) is 43.7 Å². The second kappa shape index (κ2) is 9.97. The van der Waals surface area contributed by atoms with Crippen molar-refractivity contribution in [1.82, 2.24) is 19.5 Å². The van der Waals surface area contributed by atoms with Gasteiger partial charge in [-0.15, -0.1) is 0 Å². The summed E-state index contributed by atoms with van der Waals surface area (Å²) in [4.78, 5) is 18.0. The van der Waals surface area contributed by atoms with Gasteiger partial charge in [0.1, 0.15) is 17.4 Å². The monoisotopic (exact) mass is 475 g/mol. The number of benzene rings is 2. The maximum Gasteiger partial charge on any atom is 0.326 e. The quantitative estimate of drug-likeness (QED) is 0.162. The van der Waals surface area contributed by atoms with Crippen LogP contribution in [0.25, 0.3) is 22.0 Å². The lowest BCUT2D eigenvalue weighted by Gasteiger charge is -2.38. The van der Waals surface area contributed by atoms with Gasteiger partial charge in [0.25, 0.3) is 0 Å². The second-order valence-electron chi connectivity index (χ2n) is 9.21. The zero-order valence-corrected chi connectivity index (χ0v) is 20.1. The van der Waals surface area contributed by atoms with Gasteiger partial charge in [0, 0.05) is 31.1 Å². The standard InChI is InChI=1S/C26H33N7O2/c1-2-3-14-32(28)25(30-27)24(23-17-18-8-4-7-11-22(18)35-23)31-15-12-19(13-16-31)33-21-10-6-5-9-20(21)29-26(33)34/h4-11,17,19,24H,2-3,12-16,27-28H2,1H3,(H,29,34)/b30-25-. The fourth-order valence-corrected chi connectivity index (χ4v) is 5.19. The highest BCUT2D eigenvalue weighted by Crippen LogP contribution is 2.34. The number of furan rings is 1. The van der Waals surface area contributed by atoms with E-state index in [9.17, 15) is 4.79 Å². The van der Waals surface area contributed by atoms with Crippen LogP contribution >= 0.6 is 0 Å².